The van der Waals surface area contributed by atoms with E-state index in [1.54, 1.807) is 12.1 Å². The molecule has 1 aromatic heterocycles. The van der Waals surface area contributed by atoms with Gasteiger partial charge in [-0.05, 0) is 12.5 Å². The average molecular weight is 225 g/mol. The summed E-state index contributed by atoms with van der Waals surface area (Å²) in [6.45, 7) is 3.58. The second-order valence-electron chi connectivity index (χ2n) is 3.13. The maximum atomic E-state index is 10.6. The Morgan fingerprint density at radius 2 is 2.19 bits per heavy atom. The van der Waals surface area contributed by atoms with E-state index in [1.165, 1.54) is 6.07 Å². The van der Waals surface area contributed by atoms with Gasteiger partial charge < -0.3 is 14.6 Å². The zero-order chi connectivity index (χ0) is 11.8. The number of aromatic nitrogens is 1. The summed E-state index contributed by atoms with van der Waals surface area (Å²) in [6, 6.07) is 4.63. The largest absolute Gasteiger partial charge is 0.477 e. The molecular weight excluding hydrogens is 210 g/mol. The van der Waals surface area contributed by atoms with Crippen molar-refractivity contribution in [3.8, 4) is 5.88 Å². The first kappa shape index (κ1) is 12.4. The van der Waals surface area contributed by atoms with Crippen molar-refractivity contribution < 1.29 is 19.4 Å². The van der Waals surface area contributed by atoms with Gasteiger partial charge in [0.25, 0.3) is 0 Å². The number of rotatable bonds is 7. The van der Waals surface area contributed by atoms with Crippen molar-refractivity contribution in [2.45, 2.75) is 13.3 Å². The van der Waals surface area contributed by atoms with Crippen LogP contribution in [-0.4, -0.2) is 35.9 Å². The highest BCUT2D eigenvalue weighted by atomic mass is 16.5. The lowest BCUT2D eigenvalue weighted by molar-refractivity contribution is 0.0688. The Balaban J connectivity index is 2.36. The van der Waals surface area contributed by atoms with Crippen LogP contribution in [0.25, 0.3) is 0 Å². The summed E-state index contributed by atoms with van der Waals surface area (Å²) in [5, 5.41) is 8.71. The van der Waals surface area contributed by atoms with E-state index in [4.69, 9.17) is 14.6 Å². The minimum Gasteiger partial charge on any atom is -0.477 e. The Labute approximate surface area is 94.0 Å². The van der Waals surface area contributed by atoms with Crippen molar-refractivity contribution >= 4 is 5.97 Å². The monoisotopic (exact) mass is 225 g/mol. The van der Waals surface area contributed by atoms with Gasteiger partial charge in [-0.25, -0.2) is 9.78 Å². The van der Waals surface area contributed by atoms with Crippen LogP contribution in [0.3, 0.4) is 0 Å². The van der Waals surface area contributed by atoms with E-state index in [9.17, 15) is 4.79 Å². The fraction of sp³-hybridized carbons (Fsp3) is 0.455. The van der Waals surface area contributed by atoms with E-state index in [0.717, 1.165) is 6.42 Å². The predicted octanol–water partition coefficient (Wildman–Crippen LogP) is 1.59. The number of aromatic carboxylic acids is 1. The topological polar surface area (TPSA) is 68.7 Å². The molecule has 0 atom stereocenters. The molecule has 0 aromatic carbocycles. The van der Waals surface area contributed by atoms with Gasteiger partial charge in [-0.2, -0.15) is 0 Å². The number of carbonyl (C=O) groups is 1. The van der Waals surface area contributed by atoms with Gasteiger partial charge in [0, 0.05) is 12.7 Å². The molecule has 1 heterocycles. The first-order chi connectivity index (χ1) is 7.74. The lowest BCUT2D eigenvalue weighted by Crippen LogP contribution is -2.09. The van der Waals surface area contributed by atoms with Crippen LogP contribution < -0.4 is 4.74 Å². The first-order valence-electron chi connectivity index (χ1n) is 5.15. The van der Waals surface area contributed by atoms with Crippen LogP contribution in [-0.2, 0) is 4.74 Å². The molecule has 0 saturated heterocycles. The summed E-state index contributed by atoms with van der Waals surface area (Å²) >= 11 is 0. The van der Waals surface area contributed by atoms with Gasteiger partial charge in [0.1, 0.15) is 6.61 Å². The molecule has 5 heteroatoms. The van der Waals surface area contributed by atoms with E-state index >= 15 is 0 Å². The third-order valence-electron chi connectivity index (χ3n) is 1.77. The average Bonchev–Trinajstić information content (AvgIpc) is 2.29. The van der Waals surface area contributed by atoms with Gasteiger partial charge in [-0.3, -0.25) is 0 Å². The summed E-state index contributed by atoms with van der Waals surface area (Å²) < 4.78 is 10.5. The van der Waals surface area contributed by atoms with Gasteiger partial charge in [-0.15, -0.1) is 0 Å². The molecule has 0 aliphatic rings. The normalized spacial score (nSPS) is 10.1. The first-order valence-corrected chi connectivity index (χ1v) is 5.15. The van der Waals surface area contributed by atoms with Crippen LogP contribution in [0.4, 0.5) is 0 Å². The highest BCUT2D eigenvalue weighted by Gasteiger charge is 2.05. The minimum atomic E-state index is -1.06. The van der Waals surface area contributed by atoms with Crippen molar-refractivity contribution in [1.29, 1.82) is 0 Å². The van der Waals surface area contributed by atoms with E-state index < -0.39 is 5.97 Å². The third-order valence-corrected chi connectivity index (χ3v) is 1.77. The number of hydrogen-bond acceptors (Lipinski definition) is 4. The molecule has 0 bridgehead atoms. The highest BCUT2D eigenvalue weighted by molar-refractivity contribution is 5.85. The van der Waals surface area contributed by atoms with Crippen molar-refractivity contribution in [2.75, 3.05) is 19.8 Å². The summed E-state index contributed by atoms with van der Waals surface area (Å²) in [5.41, 5.74) is -0.0213. The standard InChI is InChI=1S/C11H15NO4/c1-2-6-15-7-8-16-10-5-3-4-9(12-10)11(13)14/h3-5H,2,6-8H2,1H3,(H,13,14). The second-order valence-corrected chi connectivity index (χ2v) is 3.13. The molecule has 0 unspecified atom stereocenters. The second kappa shape index (κ2) is 6.79. The molecule has 1 aromatic rings. The molecule has 16 heavy (non-hydrogen) atoms. The lowest BCUT2D eigenvalue weighted by Gasteiger charge is -2.05. The minimum absolute atomic E-state index is 0.0213. The molecule has 1 N–H and O–H groups in total. The molecule has 5 nitrogen and oxygen atoms in total. The van der Waals surface area contributed by atoms with Gasteiger partial charge >= 0.3 is 5.97 Å². The van der Waals surface area contributed by atoms with Crippen LogP contribution in [0.5, 0.6) is 5.88 Å². The fourth-order valence-electron chi connectivity index (χ4n) is 1.07. The molecule has 0 spiro atoms. The Bertz CT molecular complexity index is 341. The van der Waals surface area contributed by atoms with Gasteiger partial charge in [0.2, 0.25) is 5.88 Å². The smallest absolute Gasteiger partial charge is 0.354 e. The molecule has 0 amide bonds. The van der Waals surface area contributed by atoms with Crippen LogP contribution >= 0.6 is 0 Å². The summed E-state index contributed by atoms with van der Waals surface area (Å²) in [5.74, 6) is -0.757. The fourth-order valence-corrected chi connectivity index (χ4v) is 1.07. The summed E-state index contributed by atoms with van der Waals surface area (Å²) in [4.78, 5) is 14.4. The van der Waals surface area contributed by atoms with Crippen LogP contribution in [0.15, 0.2) is 18.2 Å². The lowest BCUT2D eigenvalue weighted by atomic mass is 10.3. The molecule has 1 rings (SSSR count). The number of pyridine rings is 1. The van der Waals surface area contributed by atoms with E-state index in [0.29, 0.717) is 25.7 Å². The Morgan fingerprint density at radius 1 is 1.38 bits per heavy atom. The van der Waals surface area contributed by atoms with Crippen molar-refractivity contribution in [3.63, 3.8) is 0 Å². The number of hydrogen-bond donors (Lipinski definition) is 1. The van der Waals surface area contributed by atoms with Crippen LogP contribution in [0, 0.1) is 0 Å². The van der Waals surface area contributed by atoms with E-state index in [2.05, 4.69) is 4.98 Å². The maximum absolute atomic E-state index is 10.6. The van der Waals surface area contributed by atoms with Crippen LogP contribution in [0.2, 0.25) is 0 Å². The zero-order valence-electron chi connectivity index (χ0n) is 9.18. The highest BCUT2D eigenvalue weighted by Crippen LogP contribution is 2.07. The molecule has 0 radical (unpaired) electrons. The predicted molar refractivity (Wildman–Crippen MR) is 57.8 cm³/mol. The Hall–Kier alpha value is -1.62. The Kier molecular flexibility index (Phi) is 5.28. The van der Waals surface area contributed by atoms with Crippen molar-refractivity contribution in [3.05, 3.63) is 23.9 Å². The van der Waals surface area contributed by atoms with Gasteiger partial charge in [0.15, 0.2) is 5.69 Å². The quantitative estimate of drug-likeness (QED) is 0.713. The number of ether oxygens (including phenoxy) is 2. The Morgan fingerprint density at radius 3 is 2.88 bits per heavy atom. The van der Waals surface area contributed by atoms with Gasteiger partial charge in [0.05, 0.1) is 6.61 Å². The zero-order valence-corrected chi connectivity index (χ0v) is 9.18. The molecule has 88 valence electrons. The summed E-state index contributed by atoms with van der Waals surface area (Å²) in [7, 11) is 0. The summed E-state index contributed by atoms with van der Waals surface area (Å²) in [6.07, 6.45) is 0.965. The van der Waals surface area contributed by atoms with Gasteiger partial charge in [-0.1, -0.05) is 13.0 Å². The van der Waals surface area contributed by atoms with Crippen molar-refractivity contribution in [2.24, 2.45) is 0 Å². The molecule has 0 aliphatic heterocycles. The molecule has 0 saturated carbocycles. The number of nitrogens with zero attached hydrogens (tertiary/aromatic N) is 1. The molecular formula is C11H15NO4. The maximum Gasteiger partial charge on any atom is 0.354 e. The number of carboxylic acids is 1. The van der Waals surface area contributed by atoms with E-state index in [-0.39, 0.29) is 5.69 Å². The molecule has 0 aliphatic carbocycles. The van der Waals surface area contributed by atoms with Crippen LogP contribution in [0.1, 0.15) is 23.8 Å². The third kappa shape index (κ3) is 4.27. The van der Waals surface area contributed by atoms with E-state index in [1.807, 2.05) is 6.92 Å². The SMILES string of the molecule is CCCOCCOc1cccc(C(=O)O)n1. The van der Waals surface area contributed by atoms with Crippen molar-refractivity contribution in [1.82, 2.24) is 4.98 Å². The molecule has 0 fully saturated rings. The number of carboxylic acid groups (broad SMARTS) is 1.